The van der Waals surface area contributed by atoms with Gasteiger partial charge in [0.1, 0.15) is 11.7 Å². The van der Waals surface area contributed by atoms with E-state index in [1.807, 2.05) is 18.2 Å². The van der Waals surface area contributed by atoms with Gasteiger partial charge in [0.15, 0.2) is 0 Å². The number of aliphatic carboxylic acids is 1. The van der Waals surface area contributed by atoms with Crippen LogP contribution in [0.25, 0.3) is 10.2 Å². The monoisotopic (exact) mass is 406 g/mol. The lowest BCUT2D eigenvalue weighted by molar-refractivity contribution is -0.155. The number of halogens is 1. The number of nitrogens with one attached hydrogen (secondary N) is 2. The Hall–Kier alpha value is -2.65. The summed E-state index contributed by atoms with van der Waals surface area (Å²) in [5.74, 6) is -2.02. The van der Waals surface area contributed by atoms with E-state index >= 15 is 0 Å². The number of thiazole rings is 1. The molecule has 3 N–H and O–H groups in total. The number of carboxylic acid groups (broad SMARTS) is 1. The maximum absolute atomic E-state index is 12.3. The van der Waals surface area contributed by atoms with Gasteiger partial charge >= 0.3 is 5.97 Å². The molecule has 4 rings (SSSR count). The zero-order valence-corrected chi connectivity index (χ0v) is 15.5. The molecule has 2 amide bonds. The third-order valence-corrected chi connectivity index (χ3v) is 5.84. The lowest BCUT2D eigenvalue weighted by Crippen LogP contribution is -2.71. The van der Waals surface area contributed by atoms with Crippen molar-refractivity contribution in [1.29, 1.82) is 0 Å². The van der Waals surface area contributed by atoms with E-state index in [2.05, 4.69) is 15.6 Å². The second-order valence-electron chi connectivity index (χ2n) is 6.31. The Morgan fingerprint density at radius 1 is 1.41 bits per heavy atom. The second kappa shape index (κ2) is 6.82. The smallest absolute Gasteiger partial charge is 0.353 e. The highest BCUT2D eigenvalue weighted by atomic mass is 35.5. The summed E-state index contributed by atoms with van der Waals surface area (Å²) in [6.45, 7) is 0.00317. The van der Waals surface area contributed by atoms with Crippen molar-refractivity contribution in [2.24, 2.45) is 0 Å². The lowest BCUT2D eigenvalue weighted by atomic mass is 9.86. The second-order valence-corrected chi connectivity index (χ2v) is 7.65. The van der Waals surface area contributed by atoms with Crippen molar-refractivity contribution in [2.45, 2.75) is 24.9 Å². The van der Waals surface area contributed by atoms with Gasteiger partial charge in [0.05, 0.1) is 28.3 Å². The van der Waals surface area contributed by atoms with Crippen molar-refractivity contribution in [3.63, 3.8) is 0 Å². The molecule has 2 atom stereocenters. The Kier molecular flexibility index (Phi) is 4.48. The lowest BCUT2D eigenvalue weighted by Gasteiger charge is -2.49. The SMILES string of the molecule is O=C(CNc1ccc2ncsc2c1)N[C@@H]1C(=O)N2C(C(=O)O)=C(Cl)CC[C@H]12. The Morgan fingerprint density at radius 2 is 2.22 bits per heavy atom. The molecule has 2 aliphatic rings. The van der Waals surface area contributed by atoms with Gasteiger partial charge in [0.2, 0.25) is 5.91 Å². The van der Waals surface area contributed by atoms with Gasteiger partial charge in [-0.25, -0.2) is 9.78 Å². The molecule has 1 aromatic carbocycles. The molecule has 3 heterocycles. The molecule has 1 aromatic heterocycles. The molecule has 10 heteroatoms. The summed E-state index contributed by atoms with van der Waals surface area (Å²) in [5, 5.41) is 15.1. The molecule has 140 valence electrons. The van der Waals surface area contributed by atoms with E-state index in [0.717, 1.165) is 15.9 Å². The molecule has 8 nitrogen and oxygen atoms in total. The topological polar surface area (TPSA) is 112 Å². The van der Waals surface area contributed by atoms with Gasteiger partial charge in [-0.1, -0.05) is 11.6 Å². The first-order valence-corrected chi connectivity index (χ1v) is 9.53. The van der Waals surface area contributed by atoms with Crippen molar-refractivity contribution < 1.29 is 19.5 Å². The Morgan fingerprint density at radius 3 is 3.00 bits per heavy atom. The maximum atomic E-state index is 12.3. The molecular weight excluding hydrogens is 392 g/mol. The van der Waals surface area contributed by atoms with Crippen LogP contribution in [0.2, 0.25) is 0 Å². The summed E-state index contributed by atoms with van der Waals surface area (Å²) in [7, 11) is 0. The first-order chi connectivity index (χ1) is 13.0. The third kappa shape index (κ3) is 3.13. The number of nitrogens with zero attached hydrogens (tertiary/aromatic N) is 2. The number of carbonyl (C=O) groups is 3. The fourth-order valence-corrected chi connectivity index (χ4v) is 4.39. The third-order valence-electron chi connectivity index (χ3n) is 4.68. The Balaban J connectivity index is 1.36. The van der Waals surface area contributed by atoms with Crippen LogP contribution >= 0.6 is 22.9 Å². The van der Waals surface area contributed by atoms with Gasteiger partial charge in [-0.05, 0) is 31.0 Å². The van der Waals surface area contributed by atoms with Gasteiger partial charge in [-0.15, -0.1) is 11.3 Å². The number of benzene rings is 1. The minimum atomic E-state index is -1.23. The van der Waals surface area contributed by atoms with Gasteiger partial charge in [0.25, 0.3) is 5.91 Å². The van der Waals surface area contributed by atoms with Gasteiger partial charge in [0, 0.05) is 10.7 Å². The molecule has 0 radical (unpaired) electrons. The van der Waals surface area contributed by atoms with Gasteiger partial charge < -0.3 is 15.7 Å². The number of anilines is 1. The summed E-state index contributed by atoms with van der Waals surface area (Å²) in [4.78, 5) is 41.2. The van der Waals surface area contributed by atoms with E-state index in [4.69, 9.17) is 11.6 Å². The quantitative estimate of drug-likeness (QED) is 0.652. The Labute approximate surface area is 162 Å². The first kappa shape index (κ1) is 17.7. The predicted molar refractivity (Wildman–Crippen MR) is 100 cm³/mol. The minimum Gasteiger partial charge on any atom is -0.477 e. The van der Waals surface area contributed by atoms with Crippen molar-refractivity contribution in [3.05, 3.63) is 34.4 Å². The molecule has 27 heavy (non-hydrogen) atoms. The van der Waals surface area contributed by atoms with Crippen LogP contribution in [0.4, 0.5) is 5.69 Å². The van der Waals surface area contributed by atoms with Crippen LogP contribution in [0, 0.1) is 0 Å². The molecule has 0 saturated carbocycles. The van der Waals surface area contributed by atoms with E-state index in [0.29, 0.717) is 12.8 Å². The number of aromatic nitrogens is 1. The average molecular weight is 407 g/mol. The highest BCUT2D eigenvalue weighted by Crippen LogP contribution is 2.37. The van der Waals surface area contributed by atoms with Crippen molar-refractivity contribution in [1.82, 2.24) is 15.2 Å². The van der Waals surface area contributed by atoms with Crippen molar-refractivity contribution >= 4 is 56.6 Å². The predicted octanol–water partition coefficient (Wildman–Crippen LogP) is 1.73. The van der Waals surface area contributed by atoms with Gasteiger partial charge in [-0.2, -0.15) is 0 Å². The summed E-state index contributed by atoms with van der Waals surface area (Å²) in [6.07, 6.45) is 0.888. The molecule has 2 aliphatic heterocycles. The van der Waals surface area contributed by atoms with Crippen LogP contribution < -0.4 is 10.6 Å². The average Bonchev–Trinajstić information content (AvgIpc) is 3.11. The molecular formula is C17H15ClN4O4S. The molecule has 0 spiro atoms. The number of rotatable bonds is 5. The molecule has 1 saturated heterocycles. The molecule has 1 fully saturated rings. The molecule has 2 aromatic rings. The highest BCUT2D eigenvalue weighted by molar-refractivity contribution is 7.16. The van der Waals surface area contributed by atoms with Crippen LogP contribution in [-0.4, -0.2) is 51.4 Å². The standard InChI is InChI=1S/C17H15ClN4O4S/c18-9-2-4-11-14(16(24)22(11)15(9)17(25)26)21-13(23)6-19-8-1-3-10-12(5-8)27-7-20-10/h1,3,5,7,11,14,19H,2,4,6H2,(H,21,23)(H,25,26)/t11-,14+/m1/s1. The minimum absolute atomic E-state index is 0.00317. The number of hydrogen-bond donors (Lipinski definition) is 3. The summed E-state index contributed by atoms with van der Waals surface area (Å²) in [5.41, 5.74) is 3.25. The Bertz CT molecular complexity index is 988. The summed E-state index contributed by atoms with van der Waals surface area (Å²) in [6, 6.07) is 4.51. The normalized spacial score (nSPS) is 21.7. The largest absolute Gasteiger partial charge is 0.477 e. The van der Waals surface area contributed by atoms with Crippen LogP contribution in [0.3, 0.4) is 0 Å². The van der Waals surface area contributed by atoms with Crippen LogP contribution in [0.5, 0.6) is 0 Å². The number of carbonyl (C=O) groups excluding carboxylic acids is 2. The van der Waals surface area contributed by atoms with Crippen molar-refractivity contribution in [3.8, 4) is 0 Å². The van der Waals surface area contributed by atoms with E-state index in [1.165, 1.54) is 16.2 Å². The van der Waals surface area contributed by atoms with E-state index in [-0.39, 0.29) is 29.2 Å². The number of carboxylic acids is 1. The first-order valence-electron chi connectivity index (χ1n) is 8.27. The maximum Gasteiger partial charge on any atom is 0.353 e. The number of amides is 2. The van der Waals surface area contributed by atoms with Crippen LogP contribution in [-0.2, 0) is 14.4 Å². The number of allylic oxidation sites excluding steroid dienone is 1. The number of β-lactam (4-membered cyclic amide) rings is 1. The number of fused-ring (bicyclic) bond motifs is 2. The molecule has 0 aliphatic carbocycles. The fourth-order valence-electron chi connectivity index (χ4n) is 3.39. The van der Waals surface area contributed by atoms with Crippen molar-refractivity contribution in [2.75, 3.05) is 11.9 Å². The summed E-state index contributed by atoms with van der Waals surface area (Å²) >= 11 is 7.45. The van der Waals surface area contributed by atoms with Crippen LogP contribution in [0.1, 0.15) is 12.8 Å². The zero-order valence-electron chi connectivity index (χ0n) is 13.9. The van der Waals surface area contributed by atoms with Crippen LogP contribution in [0.15, 0.2) is 34.4 Å². The zero-order chi connectivity index (χ0) is 19.1. The number of hydrogen-bond acceptors (Lipinski definition) is 6. The van der Waals surface area contributed by atoms with E-state index < -0.39 is 17.9 Å². The molecule has 0 unspecified atom stereocenters. The van der Waals surface area contributed by atoms with Gasteiger partial charge in [-0.3, -0.25) is 14.5 Å². The fraction of sp³-hybridized carbons (Fsp3) is 0.294. The highest BCUT2D eigenvalue weighted by Gasteiger charge is 2.53. The summed E-state index contributed by atoms with van der Waals surface area (Å²) < 4.78 is 1.01. The van der Waals surface area contributed by atoms with E-state index in [1.54, 1.807) is 5.51 Å². The van der Waals surface area contributed by atoms with E-state index in [9.17, 15) is 19.5 Å². The molecule has 0 bridgehead atoms.